The fourth-order valence-corrected chi connectivity index (χ4v) is 2.73. The van der Waals surface area contributed by atoms with Crippen molar-refractivity contribution in [1.29, 1.82) is 0 Å². The predicted octanol–water partition coefficient (Wildman–Crippen LogP) is 2.86. The molecule has 4 heteroatoms. The number of nitrogens with zero attached hydrogens (tertiary/aromatic N) is 3. The van der Waals surface area contributed by atoms with E-state index in [9.17, 15) is 5.11 Å². The number of benzene rings is 1. The van der Waals surface area contributed by atoms with Gasteiger partial charge in [0.2, 0.25) is 0 Å². The third-order valence-electron chi connectivity index (χ3n) is 3.74. The maximum absolute atomic E-state index is 10.5. The maximum atomic E-state index is 10.5. The summed E-state index contributed by atoms with van der Waals surface area (Å²) in [7, 11) is 1.99. The molecule has 108 valence electrons. The van der Waals surface area contributed by atoms with Crippen LogP contribution in [-0.2, 0) is 13.5 Å². The second-order valence-corrected chi connectivity index (χ2v) is 5.48. The molecule has 0 spiro atoms. The van der Waals surface area contributed by atoms with Crippen LogP contribution in [0.1, 0.15) is 28.9 Å². The summed E-state index contributed by atoms with van der Waals surface area (Å²) in [6, 6.07) is 11.9. The van der Waals surface area contributed by atoms with Crippen LogP contribution in [-0.4, -0.2) is 19.6 Å². The average Bonchev–Trinajstić information content (AvgIpc) is 2.75. The van der Waals surface area contributed by atoms with Crippen LogP contribution in [0.3, 0.4) is 0 Å². The summed E-state index contributed by atoms with van der Waals surface area (Å²) in [6.07, 6.45) is -0.0745. The molecule has 1 N–H and O–H groups in total. The molecule has 2 heterocycles. The Morgan fingerprint density at radius 2 is 1.76 bits per heavy atom. The highest BCUT2D eigenvalue weighted by atomic mass is 16.3. The first-order valence-electron chi connectivity index (χ1n) is 7.08. The fraction of sp³-hybridized carbons (Fsp3) is 0.294. The van der Waals surface area contributed by atoms with Gasteiger partial charge in [-0.05, 0) is 43.7 Å². The SMILES string of the molecule is Cc1cc(C(O)Cc2nc3ccccc3n2C)cc(C)n1. The lowest BCUT2D eigenvalue weighted by molar-refractivity contribution is 0.175. The number of imidazole rings is 1. The first kappa shape index (κ1) is 13.8. The first-order valence-corrected chi connectivity index (χ1v) is 7.08. The van der Waals surface area contributed by atoms with E-state index >= 15 is 0 Å². The second kappa shape index (κ2) is 5.30. The van der Waals surface area contributed by atoms with Crippen molar-refractivity contribution in [3.8, 4) is 0 Å². The van der Waals surface area contributed by atoms with E-state index in [0.29, 0.717) is 6.42 Å². The molecular formula is C17H19N3O. The Labute approximate surface area is 124 Å². The number of aliphatic hydroxyl groups excluding tert-OH is 1. The smallest absolute Gasteiger partial charge is 0.112 e. The van der Waals surface area contributed by atoms with E-state index in [0.717, 1.165) is 33.8 Å². The Hall–Kier alpha value is -2.20. The van der Waals surface area contributed by atoms with Crippen molar-refractivity contribution in [3.63, 3.8) is 0 Å². The normalized spacial score (nSPS) is 12.8. The van der Waals surface area contributed by atoms with Crippen molar-refractivity contribution in [2.75, 3.05) is 0 Å². The molecule has 0 bridgehead atoms. The van der Waals surface area contributed by atoms with E-state index in [-0.39, 0.29) is 0 Å². The highest BCUT2D eigenvalue weighted by Crippen LogP contribution is 2.22. The van der Waals surface area contributed by atoms with Gasteiger partial charge in [-0.3, -0.25) is 4.98 Å². The molecule has 0 saturated carbocycles. The van der Waals surface area contributed by atoms with Gasteiger partial charge in [0, 0.05) is 24.9 Å². The van der Waals surface area contributed by atoms with Crippen LogP contribution in [0.2, 0.25) is 0 Å². The summed E-state index contributed by atoms with van der Waals surface area (Å²) in [5.41, 5.74) is 4.79. The van der Waals surface area contributed by atoms with Crippen molar-refractivity contribution >= 4 is 11.0 Å². The summed E-state index contributed by atoms with van der Waals surface area (Å²) in [5, 5.41) is 10.5. The van der Waals surface area contributed by atoms with Crippen LogP contribution < -0.4 is 0 Å². The Morgan fingerprint density at radius 1 is 1.10 bits per heavy atom. The zero-order valence-electron chi connectivity index (χ0n) is 12.5. The van der Waals surface area contributed by atoms with Gasteiger partial charge in [-0.25, -0.2) is 4.98 Å². The zero-order chi connectivity index (χ0) is 15.0. The van der Waals surface area contributed by atoms with Crippen LogP contribution in [0.5, 0.6) is 0 Å². The highest BCUT2D eigenvalue weighted by Gasteiger charge is 2.15. The molecule has 0 fully saturated rings. The fourth-order valence-electron chi connectivity index (χ4n) is 2.73. The number of aromatic nitrogens is 3. The standard InChI is InChI=1S/C17H19N3O/c1-11-8-13(9-12(2)18-11)16(21)10-17-19-14-6-4-5-7-15(14)20(17)3/h4-9,16,21H,10H2,1-3H3. The maximum Gasteiger partial charge on any atom is 0.112 e. The van der Waals surface area contributed by atoms with Crippen LogP contribution in [0.25, 0.3) is 11.0 Å². The Kier molecular flexibility index (Phi) is 3.47. The van der Waals surface area contributed by atoms with Gasteiger partial charge in [-0.2, -0.15) is 0 Å². The van der Waals surface area contributed by atoms with Crippen LogP contribution in [0, 0.1) is 13.8 Å². The number of hydrogen-bond donors (Lipinski definition) is 1. The Morgan fingerprint density at radius 3 is 2.43 bits per heavy atom. The monoisotopic (exact) mass is 281 g/mol. The minimum atomic E-state index is -0.569. The molecule has 0 aliphatic carbocycles. The minimum Gasteiger partial charge on any atom is -0.388 e. The third kappa shape index (κ3) is 2.67. The molecule has 3 rings (SSSR count). The molecule has 0 aliphatic rings. The third-order valence-corrected chi connectivity index (χ3v) is 3.74. The van der Waals surface area contributed by atoms with E-state index in [2.05, 4.69) is 9.97 Å². The molecule has 4 nitrogen and oxygen atoms in total. The molecule has 0 saturated heterocycles. The van der Waals surface area contributed by atoms with Crippen molar-refractivity contribution in [1.82, 2.24) is 14.5 Å². The van der Waals surface area contributed by atoms with Gasteiger partial charge in [0.15, 0.2) is 0 Å². The number of fused-ring (bicyclic) bond motifs is 1. The number of hydrogen-bond acceptors (Lipinski definition) is 3. The quantitative estimate of drug-likeness (QED) is 0.803. The molecule has 0 amide bonds. The molecule has 1 aromatic carbocycles. The van der Waals surface area contributed by atoms with Crippen molar-refractivity contribution in [2.24, 2.45) is 7.05 Å². The number of pyridine rings is 1. The molecule has 3 aromatic rings. The summed E-state index contributed by atoms with van der Waals surface area (Å²) in [5.74, 6) is 0.885. The number of aryl methyl sites for hydroxylation is 3. The van der Waals surface area contributed by atoms with Crippen LogP contribution in [0.15, 0.2) is 36.4 Å². The number of rotatable bonds is 3. The lowest BCUT2D eigenvalue weighted by Crippen LogP contribution is -2.08. The van der Waals surface area contributed by atoms with E-state index in [1.54, 1.807) is 0 Å². The van der Waals surface area contributed by atoms with Gasteiger partial charge < -0.3 is 9.67 Å². The molecule has 2 aromatic heterocycles. The lowest BCUT2D eigenvalue weighted by Gasteiger charge is -2.12. The highest BCUT2D eigenvalue weighted by molar-refractivity contribution is 5.75. The summed E-state index contributed by atoms with van der Waals surface area (Å²) in [4.78, 5) is 8.95. The van der Waals surface area contributed by atoms with Crippen molar-refractivity contribution < 1.29 is 5.11 Å². The predicted molar refractivity (Wildman–Crippen MR) is 83.1 cm³/mol. The van der Waals surface area contributed by atoms with Gasteiger partial charge in [-0.1, -0.05) is 12.1 Å². The van der Waals surface area contributed by atoms with Crippen molar-refractivity contribution in [2.45, 2.75) is 26.4 Å². The zero-order valence-corrected chi connectivity index (χ0v) is 12.5. The Bertz CT molecular complexity index is 772. The first-order chi connectivity index (χ1) is 10.0. The topological polar surface area (TPSA) is 50.9 Å². The second-order valence-electron chi connectivity index (χ2n) is 5.48. The van der Waals surface area contributed by atoms with E-state index in [1.165, 1.54) is 0 Å². The summed E-state index contributed by atoms with van der Waals surface area (Å²) >= 11 is 0. The van der Waals surface area contributed by atoms with E-state index < -0.39 is 6.10 Å². The summed E-state index contributed by atoms with van der Waals surface area (Å²) in [6.45, 7) is 3.89. The summed E-state index contributed by atoms with van der Waals surface area (Å²) < 4.78 is 2.04. The molecule has 0 aliphatic heterocycles. The van der Waals surface area contributed by atoms with Gasteiger partial charge >= 0.3 is 0 Å². The lowest BCUT2D eigenvalue weighted by atomic mass is 10.1. The van der Waals surface area contributed by atoms with Gasteiger partial charge in [0.25, 0.3) is 0 Å². The molecule has 1 unspecified atom stereocenters. The van der Waals surface area contributed by atoms with Crippen molar-refractivity contribution in [3.05, 3.63) is 59.2 Å². The van der Waals surface area contributed by atoms with Gasteiger partial charge in [-0.15, -0.1) is 0 Å². The van der Waals surface area contributed by atoms with Crippen LogP contribution in [0.4, 0.5) is 0 Å². The molecule has 0 radical (unpaired) electrons. The largest absolute Gasteiger partial charge is 0.388 e. The average molecular weight is 281 g/mol. The Balaban J connectivity index is 1.92. The minimum absolute atomic E-state index is 0.494. The molecule has 1 atom stereocenters. The van der Waals surface area contributed by atoms with E-state index in [4.69, 9.17) is 0 Å². The van der Waals surface area contributed by atoms with Gasteiger partial charge in [0.05, 0.1) is 17.1 Å². The van der Waals surface area contributed by atoms with Crippen LogP contribution >= 0.6 is 0 Å². The molecule has 21 heavy (non-hydrogen) atoms. The van der Waals surface area contributed by atoms with Gasteiger partial charge in [0.1, 0.15) is 5.82 Å². The number of aliphatic hydroxyl groups is 1. The van der Waals surface area contributed by atoms with E-state index in [1.807, 2.05) is 61.9 Å². The number of para-hydroxylation sites is 2. The molecular weight excluding hydrogens is 262 g/mol.